The van der Waals surface area contributed by atoms with E-state index < -0.39 is 84.9 Å². The smallest absolute Gasteiger partial charge is 0.238 e. The van der Waals surface area contributed by atoms with Crippen molar-refractivity contribution in [2.24, 2.45) is 0 Å². The number of hydrogen-bond acceptors (Lipinski definition) is 15. The van der Waals surface area contributed by atoms with Crippen molar-refractivity contribution in [3.05, 3.63) is 46.6 Å². The van der Waals surface area contributed by atoms with E-state index >= 15 is 0 Å². The van der Waals surface area contributed by atoms with Crippen LogP contribution in [0.4, 0.5) is 0 Å². The first-order chi connectivity index (χ1) is 20.4. The Morgan fingerprint density at radius 3 is 2.19 bits per heavy atom. The number of phenols is 1. The molecular weight excluding hydrogens is 576 g/mol. The summed E-state index contributed by atoms with van der Waals surface area (Å²) in [5, 5.41) is 82.4. The van der Waals surface area contributed by atoms with Gasteiger partial charge in [-0.1, -0.05) is 0 Å². The van der Waals surface area contributed by atoms with Crippen LogP contribution in [0.25, 0.3) is 22.3 Å². The highest BCUT2D eigenvalue weighted by molar-refractivity contribution is 5.88. The fourth-order valence-electron chi connectivity index (χ4n) is 4.98. The van der Waals surface area contributed by atoms with Gasteiger partial charge >= 0.3 is 0 Å². The number of aliphatic hydroxyl groups excluding tert-OH is 6. The molecule has 15 heteroatoms. The van der Waals surface area contributed by atoms with E-state index in [1.54, 1.807) is 24.3 Å². The van der Waals surface area contributed by atoms with Crippen LogP contribution in [0.15, 0.2) is 45.6 Å². The van der Waals surface area contributed by atoms with Crippen LogP contribution in [-0.2, 0) is 14.2 Å². The molecule has 2 aliphatic heterocycles. The van der Waals surface area contributed by atoms with Crippen LogP contribution in [-0.4, -0.2) is 116 Å². The van der Waals surface area contributed by atoms with Gasteiger partial charge in [0.05, 0.1) is 19.8 Å². The van der Waals surface area contributed by atoms with Crippen molar-refractivity contribution in [2.45, 2.75) is 68.3 Å². The minimum absolute atomic E-state index is 0.188. The molecule has 0 unspecified atom stereocenters. The molecule has 234 valence electrons. The fraction of sp³-hybridized carbons (Fsp3) is 0.464. The van der Waals surface area contributed by atoms with Crippen LogP contribution >= 0.6 is 0 Å². The van der Waals surface area contributed by atoms with Gasteiger partial charge in [0.25, 0.3) is 0 Å². The highest BCUT2D eigenvalue weighted by Gasteiger charge is 2.51. The minimum Gasteiger partial charge on any atom is -0.507 e. The molecule has 2 saturated heterocycles. The van der Waals surface area contributed by atoms with Crippen LogP contribution < -0.4 is 14.9 Å². The maximum Gasteiger partial charge on any atom is 0.238 e. The van der Waals surface area contributed by atoms with Gasteiger partial charge in [-0.05, 0) is 31.2 Å². The Hall–Kier alpha value is -3.51. The summed E-state index contributed by atoms with van der Waals surface area (Å²) in [5.41, 5.74) is -0.806. The minimum atomic E-state index is -1.78. The molecule has 3 aromatic rings. The van der Waals surface area contributed by atoms with Gasteiger partial charge in [0.1, 0.15) is 64.8 Å². The predicted molar refractivity (Wildman–Crippen MR) is 143 cm³/mol. The van der Waals surface area contributed by atoms with Gasteiger partial charge in [-0.15, -0.1) is 0 Å². The first-order valence-electron chi connectivity index (χ1n) is 13.3. The molecule has 1 aromatic heterocycles. The lowest BCUT2D eigenvalue weighted by Gasteiger charge is -2.45. The normalized spacial score (nSPS) is 32.9. The van der Waals surface area contributed by atoms with E-state index in [1.165, 1.54) is 20.1 Å². The third kappa shape index (κ3) is 5.74. The summed E-state index contributed by atoms with van der Waals surface area (Å²) in [5.74, 6) is -1.26. The molecule has 2 fully saturated rings. The molecule has 0 saturated carbocycles. The monoisotopic (exact) mass is 608 g/mol. The summed E-state index contributed by atoms with van der Waals surface area (Å²) < 4.78 is 33.5. The van der Waals surface area contributed by atoms with E-state index in [-0.39, 0.29) is 22.5 Å². The van der Waals surface area contributed by atoms with E-state index in [2.05, 4.69) is 0 Å². The maximum absolute atomic E-state index is 13.0. The van der Waals surface area contributed by atoms with Crippen LogP contribution in [0.1, 0.15) is 6.92 Å². The quantitative estimate of drug-likeness (QED) is 0.159. The molecule has 8 N–H and O–H groups in total. The number of fused-ring (bicyclic) bond motifs is 1. The molecule has 2 aromatic carbocycles. The molecule has 15 nitrogen and oxygen atoms in total. The van der Waals surface area contributed by atoms with E-state index in [9.17, 15) is 45.6 Å². The van der Waals surface area contributed by atoms with Crippen molar-refractivity contribution < 1.29 is 69.0 Å². The maximum atomic E-state index is 13.0. The Morgan fingerprint density at radius 2 is 1.53 bits per heavy atom. The Balaban J connectivity index is 1.49. The number of methoxy groups -OCH3 is 1. The number of ether oxygens (including phenoxy) is 5. The zero-order valence-corrected chi connectivity index (χ0v) is 22.9. The van der Waals surface area contributed by atoms with Crippen molar-refractivity contribution in [2.75, 3.05) is 13.7 Å². The zero-order valence-electron chi connectivity index (χ0n) is 22.9. The van der Waals surface area contributed by atoms with Crippen molar-refractivity contribution >= 4 is 11.0 Å². The van der Waals surface area contributed by atoms with Crippen molar-refractivity contribution in [1.82, 2.24) is 0 Å². The number of phenolic OH excluding ortho intramolecular Hbond substituents is 1. The number of aliphatic hydroxyl groups is 6. The Morgan fingerprint density at radius 1 is 0.837 bits per heavy atom. The van der Waals surface area contributed by atoms with Gasteiger partial charge in [0.15, 0.2) is 18.2 Å². The fourth-order valence-corrected chi connectivity index (χ4v) is 4.98. The lowest BCUT2D eigenvalue weighted by molar-refractivity contribution is -0.354. The first kappa shape index (κ1) is 30.9. The number of hydrogen-bond donors (Lipinski definition) is 8. The molecule has 3 heterocycles. The third-order valence-corrected chi connectivity index (χ3v) is 7.45. The van der Waals surface area contributed by atoms with Gasteiger partial charge in [-0.25, -0.2) is 0 Å². The second-order valence-corrected chi connectivity index (χ2v) is 10.3. The molecule has 0 aliphatic carbocycles. The largest absolute Gasteiger partial charge is 0.507 e. The molecule has 2 aliphatic rings. The molecule has 43 heavy (non-hydrogen) atoms. The summed E-state index contributed by atoms with van der Waals surface area (Å²) in [7, 11) is 1.47. The van der Waals surface area contributed by atoms with Crippen LogP contribution in [0, 0.1) is 0 Å². The standard InChI is InChI=1S/C28H32O15/c1-10-18(31)21(34)24(37)27(39-10)43-26-22(35)19(32)16(9-29)42-28(26)40-13-7-14(30)17-15(8-13)41-25(23(36)20(17)33)11-3-5-12(38-2)6-4-11/h3-8,10,16,18-19,21-22,24,26-32,34-37H,9H2,1-2H3/t10-,16+,18-,19+,21+,22-,24+,26+,27-,28+/m0/s1. The van der Waals surface area contributed by atoms with Crippen molar-refractivity contribution in [3.63, 3.8) is 0 Å². The molecule has 5 rings (SSSR count). The molecule has 0 radical (unpaired) electrons. The number of rotatable bonds is 7. The van der Waals surface area contributed by atoms with Crippen molar-refractivity contribution in [3.8, 4) is 34.3 Å². The highest BCUT2D eigenvalue weighted by Crippen LogP contribution is 2.37. The summed E-state index contributed by atoms with van der Waals surface area (Å²) in [6.07, 6.45) is -15.5. The van der Waals surface area contributed by atoms with E-state index in [0.717, 1.165) is 6.07 Å². The average Bonchev–Trinajstić information content (AvgIpc) is 2.99. The van der Waals surface area contributed by atoms with Crippen LogP contribution in [0.5, 0.6) is 23.0 Å². The summed E-state index contributed by atoms with van der Waals surface area (Å²) in [6.45, 7) is 0.676. The Bertz CT molecular complexity index is 1490. The highest BCUT2D eigenvalue weighted by atomic mass is 16.8. The van der Waals surface area contributed by atoms with Crippen LogP contribution in [0.2, 0.25) is 0 Å². The molecular formula is C28H32O15. The SMILES string of the molecule is COc1ccc(-c2oc3cc(O[C@@H]4O[C@H](CO)[C@@H](O)[C@H](O)[C@H]4O[C@@H]4O[C@@H](C)[C@H](O)[C@@H](O)[C@H]4O)cc(O)c3c(=O)c2O)cc1. The van der Waals surface area contributed by atoms with E-state index in [0.29, 0.717) is 11.3 Å². The first-order valence-corrected chi connectivity index (χ1v) is 13.3. The third-order valence-electron chi connectivity index (χ3n) is 7.45. The number of aromatic hydroxyl groups is 2. The van der Waals surface area contributed by atoms with Gasteiger partial charge in [-0.3, -0.25) is 4.79 Å². The molecule has 0 bridgehead atoms. The predicted octanol–water partition coefficient (Wildman–Crippen LogP) is -1.09. The number of benzene rings is 2. The Kier molecular flexibility index (Phi) is 8.80. The molecule has 0 amide bonds. The average molecular weight is 609 g/mol. The lowest BCUT2D eigenvalue weighted by Crippen LogP contribution is -2.64. The van der Waals surface area contributed by atoms with Crippen LogP contribution in [0.3, 0.4) is 0 Å². The van der Waals surface area contributed by atoms with E-state index in [1.807, 2.05) is 0 Å². The van der Waals surface area contributed by atoms with Gasteiger partial charge in [0.2, 0.25) is 17.5 Å². The lowest BCUT2D eigenvalue weighted by atomic mass is 9.97. The molecule has 0 spiro atoms. The summed E-state index contributed by atoms with van der Waals surface area (Å²) in [4.78, 5) is 13.0. The van der Waals surface area contributed by atoms with Gasteiger partial charge in [-0.2, -0.15) is 0 Å². The Labute approximate surface area is 243 Å². The molecule has 10 atom stereocenters. The second-order valence-electron chi connectivity index (χ2n) is 10.3. The zero-order chi connectivity index (χ0) is 31.2. The van der Waals surface area contributed by atoms with Gasteiger partial charge in [0, 0.05) is 17.7 Å². The van der Waals surface area contributed by atoms with Crippen molar-refractivity contribution in [1.29, 1.82) is 0 Å². The van der Waals surface area contributed by atoms with E-state index in [4.69, 9.17) is 28.1 Å². The van der Waals surface area contributed by atoms with Gasteiger partial charge < -0.3 is 69.0 Å². The summed E-state index contributed by atoms with van der Waals surface area (Å²) in [6, 6.07) is 8.46. The topological polar surface area (TPSA) is 238 Å². The second kappa shape index (κ2) is 12.2. The summed E-state index contributed by atoms with van der Waals surface area (Å²) >= 11 is 0.